The molecule has 96 valence electrons. The van der Waals surface area contributed by atoms with E-state index in [1.54, 1.807) is 30.3 Å². The van der Waals surface area contributed by atoms with Gasteiger partial charge in [0.1, 0.15) is 0 Å². The summed E-state index contributed by atoms with van der Waals surface area (Å²) in [7, 11) is -2.98. The lowest BCUT2D eigenvalue weighted by Crippen LogP contribution is -2.12. The van der Waals surface area contributed by atoms with Gasteiger partial charge in [0, 0.05) is 12.1 Å². The van der Waals surface area contributed by atoms with Crippen LogP contribution in [0.1, 0.15) is 0 Å². The standard InChI is InChI=1S/C12H10N3O3P/c16-15(17)9-6-7-11-12(8-9)14-19(18,13-11)10-4-2-1-3-5-10/h1-8H,(H2,13,14,18). The SMILES string of the molecule is O=[N+]([O-])c1ccc2c(c1)NP(=O)(c1ccccc1)N2. The fourth-order valence-electron chi connectivity index (χ4n) is 1.97. The summed E-state index contributed by atoms with van der Waals surface area (Å²) in [6.07, 6.45) is 0. The molecular formula is C12H10N3O3P. The molecule has 0 radical (unpaired) electrons. The van der Waals surface area contributed by atoms with Crippen molar-refractivity contribution in [2.75, 3.05) is 10.2 Å². The van der Waals surface area contributed by atoms with E-state index in [-0.39, 0.29) is 5.69 Å². The highest BCUT2D eigenvalue weighted by molar-refractivity contribution is 7.74. The summed E-state index contributed by atoms with van der Waals surface area (Å²) in [6, 6.07) is 13.3. The van der Waals surface area contributed by atoms with Gasteiger partial charge in [-0.2, -0.15) is 0 Å². The maximum absolute atomic E-state index is 12.8. The molecule has 1 unspecified atom stereocenters. The van der Waals surface area contributed by atoms with E-state index >= 15 is 0 Å². The van der Waals surface area contributed by atoms with Gasteiger partial charge in [-0.15, -0.1) is 0 Å². The van der Waals surface area contributed by atoms with Crippen LogP contribution in [0.4, 0.5) is 17.1 Å². The van der Waals surface area contributed by atoms with Crippen LogP contribution in [-0.2, 0) is 4.57 Å². The lowest BCUT2D eigenvalue weighted by Gasteiger charge is -2.12. The molecule has 1 atom stereocenters. The van der Waals surface area contributed by atoms with Gasteiger partial charge < -0.3 is 10.2 Å². The van der Waals surface area contributed by atoms with Gasteiger partial charge in [-0.25, -0.2) is 0 Å². The van der Waals surface area contributed by atoms with Crippen molar-refractivity contribution in [1.29, 1.82) is 0 Å². The van der Waals surface area contributed by atoms with Gasteiger partial charge in [0.15, 0.2) is 0 Å². The predicted octanol–water partition coefficient (Wildman–Crippen LogP) is 2.95. The zero-order valence-electron chi connectivity index (χ0n) is 9.74. The molecule has 6 nitrogen and oxygen atoms in total. The van der Waals surface area contributed by atoms with Crippen LogP contribution in [0.2, 0.25) is 0 Å². The van der Waals surface area contributed by atoms with E-state index in [9.17, 15) is 14.7 Å². The number of anilines is 2. The Bertz CT molecular complexity index is 703. The second-order valence-electron chi connectivity index (χ2n) is 4.16. The van der Waals surface area contributed by atoms with Gasteiger partial charge in [0.25, 0.3) is 13.1 Å². The first-order valence-electron chi connectivity index (χ1n) is 5.59. The van der Waals surface area contributed by atoms with Crippen LogP contribution in [0.3, 0.4) is 0 Å². The van der Waals surface area contributed by atoms with Crippen LogP contribution >= 0.6 is 7.44 Å². The lowest BCUT2D eigenvalue weighted by molar-refractivity contribution is -0.384. The van der Waals surface area contributed by atoms with Crippen molar-refractivity contribution >= 4 is 29.8 Å². The van der Waals surface area contributed by atoms with Crippen LogP contribution < -0.4 is 15.5 Å². The van der Waals surface area contributed by atoms with Crippen LogP contribution in [0.5, 0.6) is 0 Å². The lowest BCUT2D eigenvalue weighted by atomic mass is 10.2. The van der Waals surface area contributed by atoms with Gasteiger partial charge in [0.05, 0.1) is 21.6 Å². The first kappa shape index (κ1) is 11.7. The topological polar surface area (TPSA) is 84.3 Å². The molecule has 19 heavy (non-hydrogen) atoms. The minimum atomic E-state index is -2.98. The Morgan fingerprint density at radius 1 is 1.00 bits per heavy atom. The van der Waals surface area contributed by atoms with E-state index in [1.807, 2.05) is 6.07 Å². The molecule has 0 aliphatic carbocycles. The molecule has 7 heteroatoms. The first-order chi connectivity index (χ1) is 9.08. The number of hydrogen-bond acceptors (Lipinski definition) is 3. The third-order valence-corrected chi connectivity index (χ3v) is 5.03. The van der Waals surface area contributed by atoms with Crippen LogP contribution in [0.25, 0.3) is 0 Å². The molecule has 1 aliphatic rings. The highest BCUT2D eigenvalue weighted by Gasteiger charge is 2.33. The Balaban J connectivity index is 2.00. The molecule has 0 spiro atoms. The van der Waals surface area contributed by atoms with Gasteiger partial charge in [0.2, 0.25) is 0 Å². The van der Waals surface area contributed by atoms with Crippen molar-refractivity contribution < 1.29 is 9.49 Å². The van der Waals surface area contributed by atoms with Crippen molar-refractivity contribution in [3.8, 4) is 0 Å². The van der Waals surface area contributed by atoms with Crippen LogP contribution in [-0.4, -0.2) is 4.92 Å². The summed E-state index contributed by atoms with van der Waals surface area (Å²) >= 11 is 0. The molecule has 1 aliphatic heterocycles. The van der Waals surface area contributed by atoms with E-state index < -0.39 is 12.4 Å². The molecule has 1 heterocycles. The quantitative estimate of drug-likeness (QED) is 0.500. The number of rotatable bonds is 2. The van der Waals surface area contributed by atoms with Gasteiger partial charge in [-0.3, -0.25) is 14.7 Å². The number of fused-ring (bicyclic) bond motifs is 1. The van der Waals surface area contributed by atoms with Crippen molar-refractivity contribution in [1.82, 2.24) is 0 Å². The third kappa shape index (κ3) is 1.96. The molecule has 0 aromatic heterocycles. The monoisotopic (exact) mass is 275 g/mol. The normalized spacial score (nSPS) is 20.2. The fraction of sp³-hybridized carbons (Fsp3) is 0. The Labute approximate surface area is 109 Å². The minimum absolute atomic E-state index is 0.0328. The Kier molecular flexibility index (Phi) is 2.54. The summed E-state index contributed by atoms with van der Waals surface area (Å²) in [4.78, 5) is 10.2. The van der Waals surface area contributed by atoms with Gasteiger partial charge >= 0.3 is 0 Å². The smallest absolute Gasteiger partial charge is 0.287 e. The van der Waals surface area contributed by atoms with E-state index in [0.717, 1.165) is 0 Å². The largest absolute Gasteiger partial charge is 0.315 e. The first-order valence-corrected chi connectivity index (χ1v) is 7.30. The number of hydrogen-bond donors (Lipinski definition) is 2. The van der Waals surface area contributed by atoms with E-state index in [2.05, 4.69) is 10.2 Å². The predicted molar refractivity (Wildman–Crippen MR) is 74.0 cm³/mol. The molecule has 0 saturated heterocycles. The Morgan fingerprint density at radius 3 is 2.37 bits per heavy atom. The molecule has 2 aromatic rings. The molecule has 0 amide bonds. The molecule has 2 N–H and O–H groups in total. The number of nitro benzene ring substituents is 1. The summed E-state index contributed by atoms with van der Waals surface area (Å²) in [5.74, 6) is 0. The maximum atomic E-state index is 12.8. The van der Waals surface area contributed by atoms with Crippen molar-refractivity contribution in [2.45, 2.75) is 0 Å². The summed E-state index contributed by atoms with van der Waals surface area (Å²) in [5.41, 5.74) is 1.06. The molecule has 0 bridgehead atoms. The number of benzene rings is 2. The number of nitrogens with zero attached hydrogens (tertiary/aromatic N) is 1. The maximum Gasteiger partial charge on any atom is 0.287 e. The molecular weight excluding hydrogens is 265 g/mol. The van der Waals surface area contributed by atoms with Crippen molar-refractivity contribution in [2.24, 2.45) is 0 Å². The fourth-order valence-corrected chi connectivity index (χ4v) is 3.93. The highest BCUT2D eigenvalue weighted by Crippen LogP contribution is 2.53. The second-order valence-corrected chi connectivity index (χ2v) is 6.34. The molecule has 0 saturated carbocycles. The number of non-ortho nitro benzene ring substituents is 1. The average Bonchev–Trinajstić information content (AvgIpc) is 2.76. The van der Waals surface area contributed by atoms with Crippen molar-refractivity contribution in [3.63, 3.8) is 0 Å². The number of nitro groups is 1. The van der Waals surface area contributed by atoms with E-state index in [0.29, 0.717) is 16.7 Å². The highest BCUT2D eigenvalue weighted by atomic mass is 31.2. The summed E-state index contributed by atoms with van der Waals surface area (Å²) < 4.78 is 12.8. The summed E-state index contributed by atoms with van der Waals surface area (Å²) in [6.45, 7) is 0. The van der Waals surface area contributed by atoms with Crippen molar-refractivity contribution in [3.05, 3.63) is 58.6 Å². The molecule has 3 rings (SSSR count). The van der Waals surface area contributed by atoms with Gasteiger partial charge in [-0.05, 0) is 18.2 Å². The average molecular weight is 275 g/mol. The molecule has 2 aromatic carbocycles. The Morgan fingerprint density at radius 2 is 1.68 bits per heavy atom. The zero-order chi connectivity index (χ0) is 13.5. The minimum Gasteiger partial charge on any atom is -0.315 e. The van der Waals surface area contributed by atoms with E-state index in [1.165, 1.54) is 12.1 Å². The second kappa shape index (κ2) is 4.10. The van der Waals surface area contributed by atoms with E-state index in [4.69, 9.17) is 0 Å². The van der Waals surface area contributed by atoms with Crippen LogP contribution in [0, 0.1) is 10.1 Å². The Hall–Kier alpha value is -2.33. The zero-order valence-corrected chi connectivity index (χ0v) is 10.6. The van der Waals surface area contributed by atoms with Gasteiger partial charge in [-0.1, -0.05) is 18.2 Å². The third-order valence-electron chi connectivity index (χ3n) is 2.89. The summed E-state index contributed by atoms with van der Waals surface area (Å²) in [5, 5.41) is 17.1. The number of nitrogens with one attached hydrogen (secondary N) is 2. The molecule has 0 fully saturated rings. The van der Waals surface area contributed by atoms with Crippen LogP contribution in [0.15, 0.2) is 48.5 Å².